The normalized spacial score (nSPS) is 12.3. The van der Waals surface area contributed by atoms with E-state index in [1.807, 2.05) is 0 Å². The van der Waals surface area contributed by atoms with Crippen LogP contribution in [0.3, 0.4) is 0 Å². The molecule has 2 amide bonds. The van der Waals surface area contributed by atoms with E-state index in [1.54, 1.807) is 18.2 Å². The Labute approximate surface area is 153 Å². The van der Waals surface area contributed by atoms with Crippen LogP contribution in [0.15, 0.2) is 48.5 Å². The average Bonchev–Trinajstić information content (AvgIpc) is 2.59. The van der Waals surface area contributed by atoms with E-state index in [4.69, 9.17) is 11.6 Å². The summed E-state index contributed by atoms with van der Waals surface area (Å²) in [5.74, 6) is -0.960. The van der Waals surface area contributed by atoms with E-state index in [9.17, 15) is 22.8 Å². The second-order valence-corrected chi connectivity index (χ2v) is 5.99. The standard InChI is InChI=1S/C18H16ClF3N2O2/c1-11(24-17(26)14-4-2-3-5-15(14)19)16(25)23-10-12-6-8-13(9-7-12)18(20,21)22/h2-9,11H,10H2,1H3,(H,23,25)(H,24,26)/t11-/m0/s1. The highest BCUT2D eigenvalue weighted by molar-refractivity contribution is 6.33. The van der Waals surface area contributed by atoms with Gasteiger partial charge in [0.15, 0.2) is 0 Å². The first-order valence-corrected chi connectivity index (χ1v) is 8.05. The Kier molecular flexibility index (Phi) is 6.26. The highest BCUT2D eigenvalue weighted by Gasteiger charge is 2.29. The maximum atomic E-state index is 12.5. The van der Waals surface area contributed by atoms with Crippen LogP contribution in [0, 0.1) is 0 Å². The number of amides is 2. The van der Waals surface area contributed by atoms with Gasteiger partial charge in [-0.25, -0.2) is 0 Å². The number of hydrogen-bond acceptors (Lipinski definition) is 2. The van der Waals surface area contributed by atoms with Gasteiger partial charge < -0.3 is 10.6 Å². The van der Waals surface area contributed by atoms with E-state index >= 15 is 0 Å². The third-order valence-corrected chi connectivity index (χ3v) is 3.94. The molecule has 2 aromatic carbocycles. The molecule has 0 saturated carbocycles. The molecule has 8 heteroatoms. The molecule has 2 aromatic rings. The molecule has 0 fully saturated rings. The second kappa shape index (κ2) is 8.23. The Bertz CT molecular complexity index is 792. The van der Waals surface area contributed by atoms with Crippen molar-refractivity contribution in [3.8, 4) is 0 Å². The van der Waals surface area contributed by atoms with Crippen LogP contribution in [0.25, 0.3) is 0 Å². The van der Waals surface area contributed by atoms with Gasteiger partial charge in [0.1, 0.15) is 6.04 Å². The first kappa shape index (κ1) is 19.8. The van der Waals surface area contributed by atoms with Gasteiger partial charge in [0.25, 0.3) is 5.91 Å². The highest BCUT2D eigenvalue weighted by atomic mass is 35.5. The molecular weight excluding hydrogens is 369 g/mol. The van der Waals surface area contributed by atoms with E-state index in [0.717, 1.165) is 12.1 Å². The van der Waals surface area contributed by atoms with E-state index in [-0.39, 0.29) is 17.1 Å². The summed E-state index contributed by atoms with van der Waals surface area (Å²) >= 11 is 5.93. The Morgan fingerprint density at radius 3 is 2.27 bits per heavy atom. The van der Waals surface area contributed by atoms with Crippen LogP contribution < -0.4 is 10.6 Å². The maximum Gasteiger partial charge on any atom is 0.416 e. The van der Waals surface area contributed by atoms with Gasteiger partial charge in [0, 0.05) is 6.54 Å². The minimum absolute atomic E-state index is 0.0449. The summed E-state index contributed by atoms with van der Waals surface area (Å²) in [4.78, 5) is 24.2. The quantitative estimate of drug-likeness (QED) is 0.824. The van der Waals surface area contributed by atoms with Crippen LogP contribution in [0.2, 0.25) is 5.02 Å². The van der Waals surface area contributed by atoms with E-state index in [0.29, 0.717) is 5.56 Å². The first-order chi connectivity index (χ1) is 12.2. The van der Waals surface area contributed by atoms with Gasteiger partial charge >= 0.3 is 6.18 Å². The van der Waals surface area contributed by atoms with Gasteiger partial charge in [-0.3, -0.25) is 9.59 Å². The molecule has 0 aliphatic heterocycles. The van der Waals surface area contributed by atoms with Crippen molar-refractivity contribution in [2.24, 2.45) is 0 Å². The lowest BCUT2D eigenvalue weighted by molar-refractivity contribution is -0.137. The van der Waals surface area contributed by atoms with Gasteiger partial charge in [-0.15, -0.1) is 0 Å². The molecule has 0 aliphatic rings. The fourth-order valence-corrected chi connectivity index (χ4v) is 2.36. The fraction of sp³-hybridized carbons (Fsp3) is 0.222. The van der Waals surface area contributed by atoms with Gasteiger partial charge in [-0.1, -0.05) is 35.9 Å². The molecule has 0 bridgehead atoms. The minimum atomic E-state index is -4.40. The molecule has 0 heterocycles. The predicted molar refractivity (Wildman–Crippen MR) is 91.7 cm³/mol. The molecule has 0 aromatic heterocycles. The van der Waals surface area contributed by atoms with Crippen molar-refractivity contribution in [2.75, 3.05) is 0 Å². The molecule has 1 atom stereocenters. The number of halogens is 4. The van der Waals surface area contributed by atoms with E-state index < -0.39 is 29.6 Å². The lowest BCUT2D eigenvalue weighted by Crippen LogP contribution is -2.44. The molecule has 4 nitrogen and oxygen atoms in total. The SMILES string of the molecule is C[C@H](NC(=O)c1ccccc1Cl)C(=O)NCc1ccc(C(F)(F)F)cc1. The van der Waals surface area contributed by atoms with Crippen LogP contribution in [0.4, 0.5) is 13.2 Å². The number of hydrogen-bond donors (Lipinski definition) is 2. The molecule has 2 N–H and O–H groups in total. The van der Waals surface area contributed by atoms with Crippen LogP contribution in [0.1, 0.15) is 28.4 Å². The molecular formula is C18H16ClF3N2O2. The summed E-state index contributed by atoms with van der Waals surface area (Å²) in [7, 11) is 0. The van der Waals surface area contributed by atoms with Crippen molar-refractivity contribution in [1.29, 1.82) is 0 Å². The van der Waals surface area contributed by atoms with Gasteiger partial charge in [0.05, 0.1) is 16.1 Å². The smallest absolute Gasteiger partial charge is 0.350 e. The summed E-state index contributed by atoms with van der Waals surface area (Å²) in [5, 5.41) is 5.34. The number of carbonyl (C=O) groups is 2. The zero-order valence-corrected chi connectivity index (χ0v) is 14.5. The minimum Gasteiger partial charge on any atom is -0.350 e. The van der Waals surface area contributed by atoms with Crippen molar-refractivity contribution in [3.05, 3.63) is 70.2 Å². The number of rotatable bonds is 5. The van der Waals surface area contributed by atoms with Crippen molar-refractivity contribution >= 4 is 23.4 Å². The number of alkyl halides is 3. The summed E-state index contributed by atoms with van der Waals surface area (Å²) in [5.41, 5.74) is 0.000448. The first-order valence-electron chi connectivity index (χ1n) is 7.67. The summed E-state index contributed by atoms with van der Waals surface area (Å²) in [6, 6.07) is 10.1. The molecule has 0 radical (unpaired) electrons. The van der Waals surface area contributed by atoms with E-state index in [2.05, 4.69) is 10.6 Å². The molecule has 138 valence electrons. The Balaban J connectivity index is 1.89. The predicted octanol–water partition coefficient (Wildman–Crippen LogP) is 3.79. The summed E-state index contributed by atoms with van der Waals surface area (Å²) in [6.07, 6.45) is -4.40. The zero-order chi connectivity index (χ0) is 19.3. The van der Waals surface area contributed by atoms with Crippen molar-refractivity contribution < 1.29 is 22.8 Å². The van der Waals surface area contributed by atoms with Crippen LogP contribution in [-0.4, -0.2) is 17.9 Å². The van der Waals surface area contributed by atoms with Crippen molar-refractivity contribution in [2.45, 2.75) is 25.7 Å². The summed E-state index contributed by atoms with van der Waals surface area (Å²) in [6.45, 7) is 1.54. The third-order valence-electron chi connectivity index (χ3n) is 3.61. The summed E-state index contributed by atoms with van der Waals surface area (Å²) < 4.78 is 37.5. The molecule has 0 unspecified atom stereocenters. The van der Waals surface area contributed by atoms with Crippen LogP contribution in [-0.2, 0) is 17.5 Å². The number of nitrogens with one attached hydrogen (secondary N) is 2. The lowest BCUT2D eigenvalue weighted by Gasteiger charge is -2.15. The largest absolute Gasteiger partial charge is 0.416 e. The Morgan fingerprint density at radius 1 is 1.08 bits per heavy atom. The van der Waals surface area contributed by atoms with Crippen molar-refractivity contribution in [3.63, 3.8) is 0 Å². The van der Waals surface area contributed by atoms with Gasteiger partial charge in [0.2, 0.25) is 5.91 Å². The van der Waals surface area contributed by atoms with Gasteiger partial charge in [-0.2, -0.15) is 13.2 Å². The Morgan fingerprint density at radius 2 is 1.69 bits per heavy atom. The number of benzene rings is 2. The molecule has 26 heavy (non-hydrogen) atoms. The Hall–Kier alpha value is -2.54. The second-order valence-electron chi connectivity index (χ2n) is 5.59. The highest BCUT2D eigenvalue weighted by Crippen LogP contribution is 2.29. The average molecular weight is 385 g/mol. The van der Waals surface area contributed by atoms with Gasteiger partial charge in [-0.05, 0) is 36.8 Å². The zero-order valence-electron chi connectivity index (χ0n) is 13.7. The van der Waals surface area contributed by atoms with Crippen molar-refractivity contribution in [1.82, 2.24) is 10.6 Å². The third kappa shape index (κ3) is 5.23. The molecule has 2 rings (SSSR count). The fourth-order valence-electron chi connectivity index (χ4n) is 2.14. The monoisotopic (exact) mass is 384 g/mol. The van der Waals surface area contributed by atoms with Crippen LogP contribution >= 0.6 is 11.6 Å². The maximum absolute atomic E-state index is 12.5. The number of carbonyl (C=O) groups excluding carboxylic acids is 2. The lowest BCUT2D eigenvalue weighted by atomic mass is 10.1. The molecule has 0 aliphatic carbocycles. The molecule has 0 saturated heterocycles. The van der Waals surface area contributed by atoms with Crippen LogP contribution in [0.5, 0.6) is 0 Å². The topological polar surface area (TPSA) is 58.2 Å². The molecule has 0 spiro atoms. The van der Waals surface area contributed by atoms with E-state index in [1.165, 1.54) is 25.1 Å².